The Labute approximate surface area is 160 Å². The molecule has 0 spiro atoms. The fraction of sp³-hybridized carbons (Fsp3) is 0.571. The summed E-state index contributed by atoms with van der Waals surface area (Å²) < 4.78 is 0. The molecular weight excluding hydrogens is 344 g/mol. The van der Waals surface area contributed by atoms with Gasteiger partial charge in [-0.25, -0.2) is 0 Å². The van der Waals surface area contributed by atoms with Gasteiger partial charge in [-0.3, -0.25) is 14.4 Å². The van der Waals surface area contributed by atoms with Crippen molar-refractivity contribution in [2.75, 3.05) is 19.6 Å². The standard InChI is InChI=1S/C21H30N2O4/c1-3-9-18(24)23-13-8-10-16(14-23)19(25)22-15-21(4-2,20(26)27)17-11-6-5-7-12-17/h5-7,11-12,16H,3-4,8-10,13-15H2,1-2H3,(H,22,25)(H,26,27). The number of piperidine rings is 1. The molecule has 1 heterocycles. The van der Waals surface area contributed by atoms with Crippen molar-refractivity contribution in [2.24, 2.45) is 5.92 Å². The molecule has 0 aromatic heterocycles. The number of carboxylic acid groups (broad SMARTS) is 1. The number of carboxylic acids is 1. The molecule has 0 radical (unpaired) electrons. The summed E-state index contributed by atoms with van der Waals surface area (Å²) in [7, 11) is 0. The smallest absolute Gasteiger partial charge is 0.315 e. The second kappa shape index (κ2) is 9.53. The SMILES string of the molecule is CCCC(=O)N1CCCC(C(=O)NCC(CC)(C(=O)O)c2ccccc2)C1. The molecule has 2 N–H and O–H groups in total. The van der Waals surface area contributed by atoms with Crippen LogP contribution < -0.4 is 5.32 Å². The molecule has 1 aromatic rings. The molecule has 1 aliphatic rings. The predicted octanol–water partition coefficient (Wildman–Crippen LogP) is 2.57. The van der Waals surface area contributed by atoms with Crippen molar-refractivity contribution in [3.8, 4) is 0 Å². The van der Waals surface area contributed by atoms with Gasteiger partial charge in [0.05, 0.1) is 5.92 Å². The van der Waals surface area contributed by atoms with Crippen LogP contribution in [-0.4, -0.2) is 47.4 Å². The van der Waals surface area contributed by atoms with Crippen molar-refractivity contribution in [3.05, 3.63) is 35.9 Å². The van der Waals surface area contributed by atoms with E-state index in [4.69, 9.17) is 0 Å². The van der Waals surface area contributed by atoms with Crippen molar-refractivity contribution < 1.29 is 19.5 Å². The monoisotopic (exact) mass is 374 g/mol. The number of nitrogens with zero attached hydrogens (tertiary/aromatic N) is 1. The third-order valence-corrected chi connectivity index (χ3v) is 5.51. The van der Waals surface area contributed by atoms with E-state index in [0.29, 0.717) is 31.5 Å². The fourth-order valence-corrected chi connectivity index (χ4v) is 3.71. The first kappa shape index (κ1) is 20.9. The number of amides is 2. The summed E-state index contributed by atoms with van der Waals surface area (Å²) in [5.74, 6) is -1.30. The second-order valence-corrected chi connectivity index (χ2v) is 7.25. The third-order valence-electron chi connectivity index (χ3n) is 5.51. The van der Waals surface area contributed by atoms with Gasteiger partial charge in [-0.05, 0) is 31.2 Å². The molecule has 2 rings (SSSR count). The summed E-state index contributed by atoms with van der Waals surface area (Å²) in [6, 6.07) is 9.03. The molecule has 6 nitrogen and oxygen atoms in total. The molecule has 0 aliphatic carbocycles. The van der Waals surface area contributed by atoms with Crippen LogP contribution in [0.2, 0.25) is 0 Å². The van der Waals surface area contributed by atoms with Crippen molar-refractivity contribution in [1.82, 2.24) is 10.2 Å². The molecule has 2 atom stereocenters. The van der Waals surface area contributed by atoms with E-state index in [-0.39, 0.29) is 24.3 Å². The number of carbonyl (C=O) groups is 3. The van der Waals surface area contributed by atoms with Crippen molar-refractivity contribution in [2.45, 2.75) is 51.4 Å². The van der Waals surface area contributed by atoms with Crippen LogP contribution in [0.4, 0.5) is 0 Å². The van der Waals surface area contributed by atoms with Gasteiger partial charge in [0.1, 0.15) is 5.41 Å². The summed E-state index contributed by atoms with van der Waals surface area (Å²) in [5.41, 5.74) is -0.466. The Hall–Kier alpha value is -2.37. The maximum absolute atomic E-state index is 12.7. The van der Waals surface area contributed by atoms with Crippen molar-refractivity contribution >= 4 is 17.8 Å². The van der Waals surface area contributed by atoms with E-state index < -0.39 is 11.4 Å². The van der Waals surface area contributed by atoms with Crippen LogP contribution in [0, 0.1) is 5.92 Å². The topological polar surface area (TPSA) is 86.7 Å². The Morgan fingerprint density at radius 1 is 1.22 bits per heavy atom. The lowest BCUT2D eigenvalue weighted by Gasteiger charge is -2.34. The number of carbonyl (C=O) groups excluding carboxylic acids is 2. The minimum absolute atomic E-state index is 0.0427. The van der Waals surface area contributed by atoms with Gasteiger partial charge in [0, 0.05) is 26.1 Å². The summed E-state index contributed by atoms with van der Waals surface area (Å²) in [6.07, 6.45) is 3.18. The first-order chi connectivity index (χ1) is 12.9. The molecule has 1 aliphatic heterocycles. The van der Waals surface area contributed by atoms with Gasteiger partial charge in [0.2, 0.25) is 11.8 Å². The zero-order chi connectivity index (χ0) is 19.9. The minimum Gasteiger partial charge on any atom is -0.481 e. The molecule has 2 amide bonds. The van der Waals surface area contributed by atoms with Crippen LogP contribution in [0.3, 0.4) is 0 Å². The number of rotatable bonds is 8. The Morgan fingerprint density at radius 3 is 2.52 bits per heavy atom. The fourth-order valence-electron chi connectivity index (χ4n) is 3.71. The highest BCUT2D eigenvalue weighted by Gasteiger charge is 2.39. The summed E-state index contributed by atoms with van der Waals surface area (Å²) in [6.45, 7) is 4.94. The molecule has 1 aromatic carbocycles. The first-order valence-corrected chi connectivity index (χ1v) is 9.79. The van der Waals surface area contributed by atoms with Crippen molar-refractivity contribution in [1.29, 1.82) is 0 Å². The molecule has 6 heteroatoms. The molecule has 0 saturated carbocycles. The summed E-state index contributed by atoms with van der Waals surface area (Å²) in [5, 5.41) is 12.7. The average Bonchev–Trinajstić information content (AvgIpc) is 2.69. The quantitative estimate of drug-likeness (QED) is 0.732. The first-order valence-electron chi connectivity index (χ1n) is 9.79. The van der Waals surface area contributed by atoms with Crippen molar-refractivity contribution in [3.63, 3.8) is 0 Å². The lowest BCUT2D eigenvalue weighted by atomic mass is 9.78. The minimum atomic E-state index is -1.15. The van der Waals surface area contributed by atoms with Gasteiger partial charge in [-0.2, -0.15) is 0 Å². The number of benzene rings is 1. The Kier molecular flexibility index (Phi) is 7.39. The molecule has 27 heavy (non-hydrogen) atoms. The van der Waals surface area contributed by atoms with Crippen LogP contribution >= 0.6 is 0 Å². The maximum atomic E-state index is 12.7. The lowest BCUT2D eigenvalue weighted by molar-refractivity contribution is -0.144. The van der Waals surface area contributed by atoms with Crippen LogP contribution in [0.5, 0.6) is 0 Å². The normalized spacial score (nSPS) is 19.2. The maximum Gasteiger partial charge on any atom is 0.315 e. The van der Waals surface area contributed by atoms with E-state index in [9.17, 15) is 19.5 Å². The third kappa shape index (κ3) is 4.87. The lowest BCUT2D eigenvalue weighted by Crippen LogP contribution is -2.50. The van der Waals surface area contributed by atoms with Crippen LogP contribution in [-0.2, 0) is 19.8 Å². The molecule has 0 bridgehead atoms. The number of nitrogens with one attached hydrogen (secondary N) is 1. The molecule has 2 unspecified atom stereocenters. The largest absolute Gasteiger partial charge is 0.481 e. The van der Waals surface area contributed by atoms with Gasteiger partial charge < -0.3 is 15.3 Å². The van der Waals surface area contributed by atoms with Crippen LogP contribution in [0.15, 0.2) is 30.3 Å². The number of hydrogen-bond acceptors (Lipinski definition) is 3. The van der Waals surface area contributed by atoms with Gasteiger partial charge in [-0.15, -0.1) is 0 Å². The zero-order valence-electron chi connectivity index (χ0n) is 16.2. The van der Waals surface area contributed by atoms with E-state index in [0.717, 1.165) is 19.3 Å². The van der Waals surface area contributed by atoms with E-state index >= 15 is 0 Å². The number of hydrogen-bond donors (Lipinski definition) is 2. The summed E-state index contributed by atoms with van der Waals surface area (Å²) in [4.78, 5) is 38.6. The van der Waals surface area contributed by atoms with E-state index in [1.165, 1.54) is 0 Å². The molecule has 1 fully saturated rings. The van der Waals surface area contributed by atoms with Gasteiger partial charge >= 0.3 is 5.97 Å². The van der Waals surface area contributed by atoms with Crippen LogP contribution in [0.25, 0.3) is 0 Å². The van der Waals surface area contributed by atoms with Gasteiger partial charge in [0.15, 0.2) is 0 Å². The zero-order valence-corrected chi connectivity index (χ0v) is 16.2. The van der Waals surface area contributed by atoms with Gasteiger partial charge in [-0.1, -0.05) is 44.2 Å². The van der Waals surface area contributed by atoms with Gasteiger partial charge in [0.25, 0.3) is 0 Å². The average molecular weight is 374 g/mol. The van der Waals surface area contributed by atoms with Crippen LogP contribution in [0.1, 0.15) is 51.5 Å². The Morgan fingerprint density at radius 2 is 1.93 bits per heavy atom. The highest BCUT2D eigenvalue weighted by molar-refractivity contribution is 5.85. The molecular formula is C21H30N2O4. The second-order valence-electron chi connectivity index (χ2n) is 7.25. The highest BCUT2D eigenvalue weighted by atomic mass is 16.4. The summed E-state index contributed by atoms with van der Waals surface area (Å²) >= 11 is 0. The Bertz CT molecular complexity index is 661. The highest BCUT2D eigenvalue weighted by Crippen LogP contribution is 2.28. The van der Waals surface area contributed by atoms with E-state index in [1.54, 1.807) is 17.0 Å². The van der Waals surface area contributed by atoms with E-state index in [2.05, 4.69) is 5.32 Å². The molecule has 1 saturated heterocycles. The molecule has 148 valence electrons. The van der Waals surface area contributed by atoms with E-state index in [1.807, 2.05) is 32.0 Å². The Balaban J connectivity index is 2.05. The number of likely N-dealkylation sites (tertiary alicyclic amines) is 1. The predicted molar refractivity (Wildman–Crippen MR) is 103 cm³/mol. The number of aliphatic carboxylic acids is 1.